The second-order valence-corrected chi connectivity index (χ2v) is 12.0. The van der Waals surface area contributed by atoms with Crippen LogP contribution in [-0.4, -0.2) is 85.4 Å². The third-order valence-electron chi connectivity index (χ3n) is 8.36. The lowest BCUT2D eigenvalue weighted by Crippen LogP contribution is -2.58. The number of para-hydroxylation sites is 2. The number of carboxylic acid groups (broad SMARTS) is 1. The maximum Gasteiger partial charge on any atom is 0.326 e. The molecule has 13 N–H and O–H groups in total. The number of carboxylic acids is 1. The van der Waals surface area contributed by atoms with Crippen molar-refractivity contribution >= 4 is 51.5 Å². The Morgan fingerprint density at radius 2 is 1.34 bits per heavy atom. The molecular weight excluding hydrogens is 642 g/mol. The SMILES string of the molecule is NC(N)=NCCCC(NC(=O)C(N)Cc1c[nH]c2ccccc12)C(=O)NC(Cc1cnc[nH]1)C(=O)NC(Cc1c[nH]c2ccccc12)C(=O)O. The Hall–Kier alpha value is -6.16. The van der Waals surface area contributed by atoms with Crippen LogP contribution < -0.4 is 33.2 Å². The van der Waals surface area contributed by atoms with Gasteiger partial charge in [-0.05, 0) is 42.5 Å². The van der Waals surface area contributed by atoms with E-state index in [9.17, 15) is 24.3 Å². The van der Waals surface area contributed by atoms with Crippen molar-refractivity contribution in [2.24, 2.45) is 22.2 Å². The molecule has 16 nitrogen and oxygen atoms in total. The van der Waals surface area contributed by atoms with Gasteiger partial charge in [-0.15, -0.1) is 0 Å². The van der Waals surface area contributed by atoms with Gasteiger partial charge in [0.25, 0.3) is 0 Å². The lowest BCUT2D eigenvalue weighted by molar-refractivity contribution is -0.142. The molecule has 16 heteroatoms. The number of H-pyrrole nitrogens is 3. The molecule has 2 aromatic carbocycles. The molecule has 0 saturated heterocycles. The van der Waals surface area contributed by atoms with Crippen LogP contribution >= 0.6 is 0 Å². The molecule has 262 valence electrons. The molecular formula is C34H41N11O5. The molecule has 50 heavy (non-hydrogen) atoms. The van der Waals surface area contributed by atoms with Crippen LogP contribution in [-0.2, 0) is 38.4 Å². The van der Waals surface area contributed by atoms with Crippen LogP contribution in [0.15, 0.2) is 78.4 Å². The summed E-state index contributed by atoms with van der Waals surface area (Å²) >= 11 is 0. The Morgan fingerprint density at radius 3 is 1.94 bits per heavy atom. The molecule has 0 radical (unpaired) electrons. The van der Waals surface area contributed by atoms with Gasteiger partial charge in [0.05, 0.1) is 12.4 Å². The van der Waals surface area contributed by atoms with E-state index >= 15 is 0 Å². The molecule has 5 aromatic rings. The molecule has 3 aromatic heterocycles. The molecule has 5 rings (SSSR count). The first kappa shape index (κ1) is 35.2. The Balaban J connectivity index is 1.31. The number of guanidine groups is 1. The smallest absolute Gasteiger partial charge is 0.326 e. The number of carbonyl (C=O) groups excluding carboxylic acids is 3. The van der Waals surface area contributed by atoms with E-state index < -0.39 is 47.9 Å². The predicted molar refractivity (Wildman–Crippen MR) is 188 cm³/mol. The normalized spacial score (nSPS) is 13.6. The van der Waals surface area contributed by atoms with Crippen LogP contribution in [0.25, 0.3) is 21.8 Å². The summed E-state index contributed by atoms with van der Waals surface area (Å²) in [6.07, 6.45) is 7.00. The molecule has 0 saturated carbocycles. The molecule has 0 fully saturated rings. The molecule has 3 amide bonds. The number of nitrogens with two attached hydrogens (primary N) is 3. The molecule has 0 aliphatic rings. The number of amides is 3. The van der Waals surface area contributed by atoms with Gasteiger partial charge in [0, 0.05) is 65.5 Å². The number of benzene rings is 2. The van der Waals surface area contributed by atoms with Gasteiger partial charge >= 0.3 is 5.97 Å². The van der Waals surface area contributed by atoms with E-state index in [1.54, 1.807) is 12.4 Å². The third-order valence-corrected chi connectivity index (χ3v) is 8.36. The zero-order valence-electron chi connectivity index (χ0n) is 27.2. The number of aliphatic carboxylic acids is 1. The van der Waals surface area contributed by atoms with Crippen LogP contribution in [0.1, 0.15) is 29.7 Å². The Morgan fingerprint density at radius 1 is 0.760 bits per heavy atom. The average molecular weight is 684 g/mol. The van der Waals surface area contributed by atoms with Crippen molar-refractivity contribution in [2.45, 2.75) is 56.3 Å². The highest BCUT2D eigenvalue weighted by atomic mass is 16.4. The standard InChI is InChI=1S/C34H41N11O5/c35-24(12-19-15-40-25-8-3-1-6-22(19)25)30(46)43-27(10-5-11-39-34(36)37)31(47)44-28(14-21-17-38-18-42-21)32(48)45-29(33(49)50)13-20-16-41-26-9-4-2-7-23(20)26/h1-4,6-9,15-18,24,27-29,40-41H,5,10-14,35H2,(H,38,42)(H,43,46)(H,44,47)(H,45,48)(H,49,50)(H4,36,37,39). The second-order valence-electron chi connectivity index (χ2n) is 12.0. The minimum atomic E-state index is -1.31. The van der Waals surface area contributed by atoms with Gasteiger partial charge in [0.2, 0.25) is 17.7 Å². The fourth-order valence-electron chi connectivity index (χ4n) is 5.77. The van der Waals surface area contributed by atoms with Gasteiger partial charge in [0.15, 0.2) is 5.96 Å². The number of rotatable bonds is 17. The average Bonchev–Trinajstić information content (AvgIpc) is 3.86. The van der Waals surface area contributed by atoms with Crippen LogP contribution in [0, 0.1) is 0 Å². The van der Waals surface area contributed by atoms with Gasteiger partial charge in [0.1, 0.15) is 18.1 Å². The van der Waals surface area contributed by atoms with E-state index in [0.29, 0.717) is 17.7 Å². The number of carbonyl (C=O) groups is 4. The molecule has 0 spiro atoms. The van der Waals surface area contributed by atoms with Gasteiger partial charge in [-0.25, -0.2) is 9.78 Å². The summed E-state index contributed by atoms with van der Waals surface area (Å²) in [5.74, 6) is -3.35. The number of hydrogen-bond acceptors (Lipinski definition) is 7. The minimum Gasteiger partial charge on any atom is -0.480 e. The Bertz CT molecular complexity index is 1960. The topological polar surface area (TPSA) is 275 Å². The van der Waals surface area contributed by atoms with Crippen molar-refractivity contribution in [3.05, 3.63) is 90.3 Å². The third kappa shape index (κ3) is 9.04. The summed E-state index contributed by atoms with van der Waals surface area (Å²) in [6, 6.07) is 10.4. The maximum atomic E-state index is 13.8. The highest BCUT2D eigenvalue weighted by molar-refractivity contribution is 5.95. The fraction of sp³-hybridized carbons (Fsp3) is 0.294. The van der Waals surface area contributed by atoms with Gasteiger partial charge in [-0.3, -0.25) is 19.4 Å². The van der Waals surface area contributed by atoms with Gasteiger partial charge in [-0.2, -0.15) is 0 Å². The number of aromatic amines is 3. The predicted octanol–water partition coefficient (Wildman–Crippen LogP) is 0.320. The lowest BCUT2D eigenvalue weighted by Gasteiger charge is -2.25. The number of imidazole rings is 1. The molecule has 3 heterocycles. The highest BCUT2D eigenvalue weighted by Gasteiger charge is 2.31. The number of aliphatic imine (C=N–C) groups is 1. The van der Waals surface area contributed by atoms with E-state index in [4.69, 9.17) is 17.2 Å². The van der Waals surface area contributed by atoms with Crippen molar-refractivity contribution in [3.8, 4) is 0 Å². The Kier molecular flexibility index (Phi) is 11.5. The van der Waals surface area contributed by atoms with E-state index in [1.165, 1.54) is 12.5 Å². The number of aromatic nitrogens is 4. The summed E-state index contributed by atoms with van der Waals surface area (Å²) in [6.45, 7) is 0.190. The molecule has 4 unspecified atom stereocenters. The zero-order chi connectivity index (χ0) is 35.6. The number of fused-ring (bicyclic) bond motifs is 2. The van der Waals surface area contributed by atoms with Crippen LogP contribution in [0.5, 0.6) is 0 Å². The number of nitrogens with zero attached hydrogens (tertiary/aromatic N) is 2. The zero-order valence-corrected chi connectivity index (χ0v) is 27.2. The van der Waals surface area contributed by atoms with E-state index in [-0.39, 0.29) is 38.2 Å². The molecule has 0 bridgehead atoms. The van der Waals surface area contributed by atoms with Crippen LogP contribution in [0.3, 0.4) is 0 Å². The lowest BCUT2D eigenvalue weighted by atomic mass is 10.0. The summed E-state index contributed by atoms with van der Waals surface area (Å²) in [4.78, 5) is 70.3. The summed E-state index contributed by atoms with van der Waals surface area (Å²) < 4.78 is 0. The fourth-order valence-corrected chi connectivity index (χ4v) is 5.77. The quantitative estimate of drug-likeness (QED) is 0.0367. The van der Waals surface area contributed by atoms with Crippen LogP contribution in [0.4, 0.5) is 0 Å². The van der Waals surface area contributed by atoms with Crippen molar-refractivity contribution in [3.63, 3.8) is 0 Å². The molecule has 0 aliphatic carbocycles. The highest BCUT2D eigenvalue weighted by Crippen LogP contribution is 2.20. The monoisotopic (exact) mass is 683 g/mol. The van der Waals surface area contributed by atoms with Crippen molar-refractivity contribution in [1.29, 1.82) is 0 Å². The molecule has 4 atom stereocenters. The van der Waals surface area contributed by atoms with Crippen molar-refractivity contribution in [2.75, 3.05) is 6.54 Å². The first-order valence-corrected chi connectivity index (χ1v) is 16.1. The van der Waals surface area contributed by atoms with Crippen LogP contribution in [0.2, 0.25) is 0 Å². The Labute approximate surface area is 286 Å². The van der Waals surface area contributed by atoms with Crippen molar-refractivity contribution < 1.29 is 24.3 Å². The maximum absolute atomic E-state index is 13.8. The van der Waals surface area contributed by atoms with E-state index in [0.717, 1.165) is 27.4 Å². The summed E-state index contributed by atoms with van der Waals surface area (Å²) in [7, 11) is 0. The van der Waals surface area contributed by atoms with Gasteiger partial charge < -0.3 is 53.2 Å². The first-order chi connectivity index (χ1) is 24.1. The first-order valence-electron chi connectivity index (χ1n) is 16.1. The van der Waals surface area contributed by atoms with E-state index in [2.05, 4.69) is 40.9 Å². The number of hydrogen-bond donors (Lipinski definition) is 10. The van der Waals surface area contributed by atoms with Gasteiger partial charge in [-0.1, -0.05) is 36.4 Å². The largest absolute Gasteiger partial charge is 0.480 e. The summed E-state index contributed by atoms with van der Waals surface area (Å²) in [5, 5.41) is 19.8. The second kappa shape index (κ2) is 16.3. The van der Waals surface area contributed by atoms with E-state index in [1.807, 2.05) is 48.5 Å². The van der Waals surface area contributed by atoms with Crippen molar-refractivity contribution in [1.82, 2.24) is 35.9 Å². The molecule has 0 aliphatic heterocycles. The summed E-state index contributed by atoms with van der Waals surface area (Å²) in [5.41, 5.74) is 21.0. The number of nitrogens with one attached hydrogen (secondary N) is 6. The minimum absolute atomic E-state index is 0.00635.